The number of hydrogen-bond donors (Lipinski definition) is 2. The van der Waals surface area contributed by atoms with E-state index in [1.807, 2.05) is 13.8 Å². The second-order valence-electron chi connectivity index (χ2n) is 4.82. The van der Waals surface area contributed by atoms with Gasteiger partial charge >= 0.3 is 0 Å². The standard InChI is InChI=1S/C14H22ClNO3S/c1-3-5-11(4-2)14(10-17)16-20(18,19)13-8-6-12(15)7-9-13/h6-9,11,14,16-17H,3-5,10H2,1-2H3/t11-,14+/m0/s1. The fourth-order valence-electron chi connectivity index (χ4n) is 2.22. The number of aliphatic hydroxyl groups excluding tert-OH is 1. The van der Waals surface area contributed by atoms with Crippen molar-refractivity contribution in [3.05, 3.63) is 29.3 Å². The number of halogens is 1. The predicted molar refractivity (Wildman–Crippen MR) is 81.3 cm³/mol. The van der Waals surface area contributed by atoms with Gasteiger partial charge in [-0.05, 0) is 36.6 Å². The van der Waals surface area contributed by atoms with Crippen LogP contribution in [0.15, 0.2) is 29.2 Å². The summed E-state index contributed by atoms with van der Waals surface area (Å²) >= 11 is 5.75. The van der Waals surface area contributed by atoms with Gasteiger partial charge in [-0.3, -0.25) is 0 Å². The Morgan fingerprint density at radius 2 is 1.85 bits per heavy atom. The van der Waals surface area contributed by atoms with Crippen molar-refractivity contribution in [3.8, 4) is 0 Å². The second-order valence-corrected chi connectivity index (χ2v) is 6.97. The molecule has 0 saturated heterocycles. The Morgan fingerprint density at radius 1 is 1.25 bits per heavy atom. The number of aliphatic hydroxyl groups is 1. The van der Waals surface area contributed by atoms with E-state index in [1.54, 1.807) is 0 Å². The third-order valence-corrected chi connectivity index (χ3v) is 5.14. The average Bonchev–Trinajstić information content (AvgIpc) is 2.43. The fourth-order valence-corrected chi connectivity index (χ4v) is 3.65. The summed E-state index contributed by atoms with van der Waals surface area (Å²) in [5.74, 6) is 0.132. The molecular formula is C14H22ClNO3S. The zero-order valence-electron chi connectivity index (χ0n) is 11.8. The molecule has 114 valence electrons. The van der Waals surface area contributed by atoms with E-state index in [2.05, 4.69) is 4.72 Å². The van der Waals surface area contributed by atoms with E-state index in [0.29, 0.717) is 5.02 Å². The van der Waals surface area contributed by atoms with Crippen molar-refractivity contribution in [2.75, 3.05) is 6.61 Å². The van der Waals surface area contributed by atoms with Crippen LogP contribution < -0.4 is 4.72 Å². The monoisotopic (exact) mass is 319 g/mol. The molecule has 0 amide bonds. The molecule has 20 heavy (non-hydrogen) atoms. The maximum absolute atomic E-state index is 12.3. The van der Waals surface area contributed by atoms with Gasteiger partial charge in [0.05, 0.1) is 11.5 Å². The minimum absolute atomic E-state index is 0.132. The van der Waals surface area contributed by atoms with Gasteiger partial charge in [-0.1, -0.05) is 38.3 Å². The topological polar surface area (TPSA) is 66.4 Å². The van der Waals surface area contributed by atoms with Crippen LogP contribution in [0.2, 0.25) is 5.02 Å². The van der Waals surface area contributed by atoms with Crippen LogP contribution in [0, 0.1) is 5.92 Å². The first-order valence-electron chi connectivity index (χ1n) is 6.83. The van der Waals surface area contributed by atoms with Crippen molar-refractivity contribution in [1.82, 2.24) is 4.72 Å². The molecule has 0 bridgehead atoms. The minimum Gasteiger partial charge on any atom is -0.395 e. The van der Waals surface area contributed by atoms with E-state index in [0.717, 1.165) is 19.3 Å². The van der Waals surface area contributed by atoms with Gasteiger partial charge in [0, 0.05) is 11.1 Å². The van der Waals surface area contributed by atoms with Gasteiger partial charge in [-0.2, -0.15) is 0 Å². The van der Waals surface area contributed by atoms with Crippen LogP contribution in [-0.4, -0.2) is 26.2 Å². The van der Waals surface area contributed by atoms with Crippen molar-refractivity contribution in [2.45, 2.75) is 44.0 Å². The molecule has 1 aromatic rings. The summed E-state index contributed by atoms with van der Waals surface area (Å²) in [6, 6.07) is 5.53. The molecule has 6 heteroatoms. The van der Waals surface area contributed by atoms with E-state index in [9.17, 15) is 13.5 Å². The molecule has 0 spiro atoms. The van der Waals surface area contributed by atoms with Crippen LogP contribution in [-0.2, 0) is 10.0 Å². The summed E-state index contributed by atoms with van der Waals surface area (Å²) in [6.07, 6.45) is 2.66. The normalized spacial score (nSPS) is 15.0. The highest BCUT2D eigenvalue weighted by Gasteiger charge is 2.25. The number of rotatable bonds is 8. The van der Waals surface area contributed by atoms with Crippen LogP contribution in [0.1, 0.15) is 33.1 Å². The Hall–Kier alpha value is -0.620. The Bertz CT molecular complexity index is 502. The third-order valence-electron chi connectivity index (χ3n) is 3.38. The number of sulfonamides is 1. The lowest BCUT2D eigenvalue weighted by molar-refractivity contribution is 0.205. The number of nitrogens with one attached hydrogen (secondary N) is 1. The van der Waals surface area contributed by atoms with E-state index < -0.39 is 16.1 Å². The van der Waals surface area contributed by atoms with Gasteiger partial charge in [0.2, 0.25) is 10.0 Å². The van der Waals surface area contributed by atoms with E-state index in [-0.39, 0.29) is 17.4 Å². The highest BCUT2D eigenvalue weighted by molar-refractivity contribution is 7.89. The Kier molecular flexibility index (Phi) is 6.95. The molecular weight excluding hydrogens is 298 g/mol. The molecule has 0 saturated carbocycles. The highest BCUT2D eigenvalue weighted by atomic mass is 35.5. The van der Waals surface area contributed by atoms with Crippen LogP contribution in [0.4, 0.5) is 0 Å². The van der Waals surface area contributed by atoms with Gasteiger partial charge < -0.3 is 5.11 Å². The minimum atomic E-state index is -3.63. The summed E-state index contributed by atoms with van der Waals surface area (Å²) in [5, 5.41) is 9.95. The molecule has 0 unspecified atom stereocenters. The lowest BCUT2D eigenvalue weighted by atomic mass is 9.93. The average molecular weight is 320 g/mol. The van der Waals surface area contributed by atoms with E-state index >= 15 is 0 Å². The highest BCUT2D eigenvalue weighted by Crippen LogP contribution is 2.19. The smallest absolute Gasteiger partial charge is 0.240 e. The molecule has 2 atom stereocenters. The summed E-state index contributed by atoms with van der Waals surface area (Å²) in [6.45, 7) is 3.84. The largest absolute Gasteiger partial charge is 0.395 e. The Balaban J connectivity index is 2.89. The maximum atomic E-state index is 12.3. The molecule has 0 radical (unpaired) electrons. The van der Waals surface area contributed by atoms with E-state index in [4.69, 9.17) is 11.6 Å². The third kappa shape index (κ3) is 4.74. The van der Waals surface area contributed by atoms with Crippen molar-refractivity contribution in [2.24, 2.45) is 5.92 Å². The van der Waals surface area contributed by atoms with Gasteiger partial charge in [0.25, 0.3) is 0 Å². The lowest BCUT2D eigenvalue weighted by Gasteiger charge is -2.25. The molecule has 0 aliphatic carbocycles. The Labute approximate surface area is 126 Å². The van der Waals surface area contributed by atoms with E-state index in [1.165, 1.54) is 24.3 Å². The first kappa shape index (κ1) is 17.4. The molecule has 1 aromatic carbocycles. The summed E-state index contributed by atoms with van der Waals surface area (Å²) < 4.78 is 27.1. The molecule has 0 aliphatic heterocycles. The molecule has 2 N–H and O–H groups in total. The molecule has 4 nitrogen and oxygen atoms in total. The Morgan fingerprint density at radius 3 is 2.30 bits per heavy atom. The molecule has 1 rings (SSSR count). The van der Waals surface area contributed by atoms with Crippen molar-refractivity contribution >= 4 is 21.6 Å². The molecule has 0 aliphatic rings. The van der Waals surface area contributed by atoms with Crippen molar-refractivity contribution in [1.29, 1.82) is 0 Å². The lowest BCUT2D eigenvalue weighted by Crippen LogP contribution is -2.42. The van der Waals surface area contributed by atoms with Gasteiger partial charge in [-0.25, -0.2) is 13.1 Å². The van der Waals surface area contributed by atoms with Gasteiger partial charge in [-0.15, -0.1) is 0 Å². The van der Waals surface area contributed by atoms with Crippen LogP contribution in [0.25, 0.3) is 0 Å². The molecule has 0 fully saturated rings. The summed E-state index contributed by atoms with van der Waals surface area (Å²) in [4.78, 5) is 0.159. The van der Waals surface area contributed by atoms with Crippen LogP contribution in [0.3, 0.4) is 0 Å². The zero-order chi connectivity index (χ0) is 15.2. The fraction of sp³-hybridized carbons (Fsp3) is 0.571. The van der Waals surface area contributed by atoms with Gasteiger partial charge in [0.15, 0.2) is 0 Å². The molecule has 0 aromatic heterocycles. The summed E-state index contributed by atoms with van der Waals surface area (Å²) in [5.41, 5.74) is 0. The quantitative estimate of drug-likeness (QED) is 0.774. The zero-order valence-corrected chi connectivity index (χ0v) is 13.4. The van der Waals surface area contributed by atoms with Crippen LogP contribution >= 0.6 is 11.6 Å². The summed E-state index contributed by atoms with van der Waals surface area (Å²) in [7, 11) is -3.63. The van der Waals surface area contributed by atoms with Crippen molar-refractivity contribution in [3.63, 3.8) is 0 Å². The van der Waals surface area contributed by atoms with Crippen LogP contribution in [0.5, 0.6) is 0 Å². The van der Waals surface area contributed by atoms with Gasteiger partial charge in [0.1, 0.15) is 0 Å². The number of hydrogen-bond acceptors (Lipinski definition) is 3. The number of benzene rings is 1. The first-order valence-corrected chi connectivity index (χ1v) is 8.69. The predicted octanol–water partition coefficient (Wildman–Crippen LogP) is 2.81. The SMILES string of the molecule is CCC[C@H](CC)[C@@H](CO)NS(=O)(=O)c1ccc(Cl)cc1. The molecule has 0 heterocycles. The second kappa shape index (κ2) is 7.98. The maximum Gasteiger partial charge on any atom is 0.240 e. The first-order chi connectivity index (χ1) is 9.44. The van der Waals surface area contributed by atoms with Crippen molar-refractivity contribution < 1.29 is 13.5 Å².